The fourth-order valence-electron chi connectivity index (χ4n) is 8.75. The molecular weight excluding hydrogens is 764 g/mol. The summed E-state index contributed by atoms with van der Waals surface area (Å²) in [6.45, 7) is 10.9. The summed E-state index contributed by atoms with van der Waals surface area (Å²) < 4.78 is 26.7. The maximum atomic E-state index is 14.6. The number of nitrogens with one attached hydrogen (secondary N) is 3. The minimum Gasteiger partial charge on any atom is -0.438 e. The zero-order chi connectivity index (χ0) is 41.4. The van der Waals surface area contributed by atoms with Gasteiger partial charge >= 0.3 is 0 Å². The number of morpholine rings is 1. The predicted molar refractivity (Wildman–Crippen MR) is 227 cm³/mol. The summed E-state index contributed by atoms with van der Waals surface area (Å²) in [6.07, 6.45) is 6.37. The molecule has 5 aromatic rings. The van der Waals surface area contributed by atoms with Gasteiger partial charge in [0.2, 0.25) is 5.88 Å². The number of hydrogen-bond donors (Lipinski definition) is 4. The Bertz CT molecular complexity index is 2260. The Morgan fingerprint density at radius 1 is 0.883 bits per heavy atom. The van der Waals surface area contributed by atoms with Crippen LogP contribution in [0.1, 0.15) is 70.9 Å². The number of H-pyrrole nitrogens is 1. The van der Waals surface area contributed by atoms with Crippen LogP contribution in [0.5, 0.6) is 11.6 Å². The Kier molecular flexibility index (Phi) is 13.4. The number of aliphatic hydroxyl groups is 1. The van der Waals surface area contributed by atoms with Crippen molar-refractivity contribution < 1.29 is 28.6 Å². The molecule has 3 aromatic carbocycles. The van der Waals surface area contributed by atoms with E-state index < -0.39 is 11.7 Å². The fourth-order valence-corrected chi connectivity index (χ4v) is 8.75. The quantitative estimate of drug-likeness (QED) is 0.116. The zero-order valence-corrected chi connectivity index (χ0v) is 34.2. The highest BCUT2D eigenvalue weighted by Crippen LogP contribution is 2.33. The van der Waals surface area contributed by atoms with Gasteiger partial charge in [-0.05, 0) is 105 Å². The van der Waals surface area contributed by atoms with Crippen molar-refractivity contribution in [3.8, 4) is 22.8 Å². The number of aromatic nitrogens is 3. The van der Waals surface area contributed by atoms with E-state index in [1.165, 1.54) is 11.1 Å². The standard InChI is InChI=1S/C46H55FN8O5/c1-31-29-59-22-20-55(31)28-34-23-32(27-54-16-4-15-53(17-18-54)19-21-56)9-14-39(34)33-5-2-6-38(24-33)60-46-41(25-35(47)26-48-46)45(58)52-37-12-10-36(11-13-37)51-44(57)40-7-3-8-42-43(40)50-30-49-42/h2-3,5-9,14,23-26,30-31,36-37,56H,4,10-13,15-22,27-29H2,1H3,(H,49,50)(H,51,57)(H,52,58). The van der Waals surface area contributed by atoms with Crippen molar-refractivity contribution in [2.45, 2.75) is 70.2 Å². The van der Waals surface area contributed by atoms with E-state index >= 15 is 0 Å². The third-order valence-electron chi connectivity index (χ3n) is 12.1. The van der Waals surface area contributed by atoms with Gasteiger partial charge in [-0.15, -0.1) is 0 Å². The van der Waals surface area contributed by atoms with Crippen LogP contribution in [-0.4, -0.2) is 124 Å². The molecule has 8 rings (SSSR count). The molecule has 1 aliphatic carbocycles. The van der Waals surface area contributed by atoms with E-state index in [0.29, 0.717) is 55.7 Å². The lowest BCUT2D eigenvalue weighted by molar-refractivity contribution is -0.00431. The summed E-state index contributed by atoms with van der Waals surface area (Å²) in [5.74, 6) is -0.771. The number of carbonyl (C=O) groups is 2. The van der Waals surface area contributed by atoms with Crippen LogP contribution in [0.3, 0.4) is 0 Å². The zero-order valence-electron chi connectivity index (χ0n) is 34.2. The topological polar surface area (TPSA) is 148 Å². The summed E-state index contributed by atoms with van der Waals surface area (Å²) in [7, 11) is 0. The van der Waals surface area contributed by atoms with E-state index in [-0.39, 0.29) is 42.1 Å². The number of nitrogens with zero attached hydrogens (tertiary/aromatic N) is 5. The van der Waals surface area contributed by atoms with Crippen LogP contribution in [0.2, 0.25) is 0 Å². The van der Waals surface area contributed by atoms with Gasteiger partial charge in [0.25, 0.3) is 11.8 Å². The highest BCUT2D eigenvalue weighted by molar-refractivity contribution is 6.04. The number of rotatable bonds is 13. The number of fused-ring (bicyclic) bond motifs is 1. The van der Waals surface area contributed by atoms with E-state index in [1.807, 2.05) is 30.3 Å². The molecule has 2 amide bonds. The normalized spacial score (nSPS) is 20.8. The van der Waals surface area contributed by atoms with E-state index in [0.717, 1.165) is 87.7 Å². The van der Waals surface area contributed by atoms with Gasteiger partial charge in [-0.25, -0.2) is 14.4 Å². The number of ether oxygens (including phenoxy) is 2. The third-order valence-corrected chi connectivity index (χ3v) is 12.1. The van der Waals surface area contributed by atoms with Crippen LogP contribution < -0.4 is 15.4 Å². The van der Waals surface area contributed by atoms with E-state index in [4.69, 9.17) is 9.47 Å². The summed E-state index contributed by atoms with van der Waals surface area (Å²) in [6, 6.07) is 21.2. The number of benzene rings is 3. The number of halogens is 1. The molecule has 60 heavy (non-hydrogen) atoms. The molecule has 2 aliphatic heterocycles. The first-order valence-electron chi connectivity index (χ1n) is 21.3. The van der Waals surface area contributed by atoms with Gasteiger partial charge < -0.3 is 30.2 Å². The molecule has 1 saturated carbocycles. The highest BCUT2D eigenvalue weighted by atomic mass is 19.1. The van der Waals surface area contributed by atoms with Gasteiger partial charge in [-0.3, -0.25) is 24.3 Å². The Hall–Kier alpha value is -5.25. The Morgan fingerprint density at radius 3 is 2.45 bits per heavy atom. The van der Waals surface area contributed by atoms with Crippen molar-refractivity contribution in [3.63, 3.8) is 0 Å². The van der Waals surface area contributed by atoms with Gasteiger partial charge in [0.05, 0.1) is 43.4 Å². The lowest BCUT2D eigenvalue weighted by Crippen LogP contribution is -2.44. The average molecular weight is 819 g/mol. The summed E-state index contributed by atoms with van der Waals surface area (Å²) in [5, 5.41) is 15.6. The maximum absolute atomic E-state index is 14.6. The van der Waals surface area contributed by atoms with E-state index in [9.17, 15) is 19.1 Å². The molecule has 0 radical (unpaired) electrons. The molecule has 316 valence electrons. The van der Waals surface area contributed by atoms with Crippen molar-refractivity contribution >= 4 is 22.8 Å². The highest BCUT2D eigenvalue weighted by Gasteiger charge is 2.27. The average Bonchev–Trinajstić information content (AvgIpc) is 3.64. The smallest absolute Gasteiger partial charge is 0.257 e. The second-order valence-corrected chi connectivity index (χ2v) is 16.3. The molecule has 14 heteroatoms. The Balaban J connectivity index is 0.942. The van der Waals surface area contributed by atoms with Gasteiger partial charge in [0, 0.05) is 57.4 Å². The van der Waals surface area contributed by atoms with Crippen molar-refractivity contribution in [1.29, 1.82) is 0 Å². The first kappa shape index (κ1) is 41.5. The van der Waals surface area contributed by atoms with Crippen molar-refractivity contribution in [2.75, 3.05) is 59.1 Å². The third kappa shape index (κ3) is 10.2. The minimum absolute atomic E-state index is 0.0160. The number of imidazole rings is 1. The molecule has 2 aromatic heterocycles. The molecule has 1 atom stereocenters. The Morgan fingerprint density at radius 2 is 1.65 bits per heavy atom. The van der Waals surface area contributed by atoms with Gasteiger partial charge in [0.1, 0.15) is 22.6 Å². The fraction of sp³-hybridized carbons (Fsp3) is 0.435. The van der Waals surface area contributed by atoms with Gasteiger partial charge in [0.15, 0.2) is 0 Å². The van der Waals surface area contributed by atoms with Crippen molar-refractivity contribution in [3.05, 3.63) is 107 Å². The van der Waals surface area contributed by atoms with Crippen LogP contribution >= 0.6 is 0 Å². The number of para-hydroxylation sites is 1. The monoisotopic (exact) mass is 818 g/mol. The van der Waals surface area contributed by atoms with Crippen molar-refractivity contribution in [1.82, 2.24) is 40.3 Å². The molecule has 4 N–H and O–H groups in total. The SMILES string of the molecule is CC1COCCN1Cc1cc(CN2CCCN(CCO)CC2)ccc1-c1cccc(Oc2ncc(F)cc2C(=O)NC2CCC(NC(=O)c3cccc4[nH]cnc34)CC2)c1. The number of β-amino-alcohol motifs (C(OH)–C–C–N with tert-alkyl or cyclic N) is 1. The number of pyridine rings is 1. The molecule has 0 spiro atoms. The second-order valence-electron chi connectivity index (χ2n) is 16.3. The number of aliphatic hydroxyl groups excluding tert-OH is 1. The van der Waals surface area contributed by atoms with Gasteiger partial charge in [-0.1, -0.05) is 36.4 Å². The molecule has 2 saturated heterocycles. The molecule has 0 bridgehead atoms. The van der Waals surface area contributed by atoms with E-state index in [2.05, 4.69) is 71.5 Å². The number of aromatic amines is 1. The minimum atomic E-state index is -0.635. The van der Waals surface area contributed by atoms with Crippen LogP contribution in [0.25, 0.3) is 22.2 Å². The second kappa shape index (κ2) is 19.4. The molecular formula is C46H55FN8O5. The van der Waals surface area contributed by atoms with Crippen LogP contribution in [0.15, 0.2) is 79.3 Å². The Labute approximate surface area is 350 Å². The van der Waals surface area contributed by atoms with Crippen molar-refractivity contribution in [2.24, 2.45) is 0 Å². The van der Waals surface area contributed by atoms with Crippen LogP contribution in [0, 0.1) is 5.82 Å². The molecule has 1 unspecified atom stereocenters. The summed E-state index contributed by atoms with van der Waals surface area (Å²) >= 11 is 0. The molecule has 3 fully saturated rings. The first-order valence-corrected chi connectivity index (χ1v) is 21.3. The van der Waals surface area contributed by atoms with Crippen LogP contribution in [-0.2, 0) is 17.8 Å². The lowest BCUT2D eigenvalue weighted by atomic mass is 9.90. The first-order chi connectivity index (χ1) is 29.3. The largest absolute Gasteiger partial charge is 0.438 e. The molecule has 4 heterocycles. The molecule has 13 nitrogen and oxygen atoms in total. The molecule has 3 aliphatic rings. The van der Waals surface area contributed by atoms with Gasteiger partial charge in [-0.2, -0.15) is 0 Å². The van der Waals surface area contributed by atoms with E-state index in [1.54, 1.807) is 12.4 Å². The number of amides is 2. The maximum Gasteiger partial charge on any atom is 0.257 e. The lowest BCUT2D eigenvalue weighted by Gasteiger charge is -2.34. The number of carbonyl (C=O) groups excluding carboxylic acids is 2. The number of hydrogen-bond acceptors (Lipinski definition) is 10. The summed E-state index contributed by atoms with van der Waals surface area (Å²) in [5.41, 5.74) is 6.48. The summed E-state index contributed by atoms with van der Waals surface area (Å²) in [4.78, 5) is 45.7. The predicted octanol–water partition coefficient (Wildman–Crippen LogP) is 5.75. The van der Waals surface area contributed by atoms with Crippen LogP contribution in [0.4, 0.5) is 4.39 Å².